The van der Waals surface area contributed by atoms with E-state index in [9.17, 15) is 14.9 Å². The maximum Gasteiger partial charge on any atom is 0.348 e. The highest BCUT2D eigenvalue weighted by Gasteiger charge is 2.09. The number of nitrogens with zero attached hydrogens (tertiary/aromatic N) is 2. The molecule has 0 saturated heterocycles. The van der Waals surface area contributed by atoms with Gasteiger partial charge in [-0.2, -0.15) is 5.26 Å². The number of allylic oxidation sites excluding steroid dienone is 2. The molecule has 6 nitrogen and oxygen atoms in total. The minimum absolute atomic E-state index is 0.0521. The molecule has 0 atom stereocenters. The van der Waals surface area contributed by atoms with Gasteiger partial charge in [0.05, 0.1) is 17.6 Å². The van der Waals surface area contributed by atoms with E-state index in [2.05, 4.69) is 4.74 Å². The first-order chi connectivity index (χ1) is 9.10. The van der Waals surface area contributed by atoms with E-state index in [-0.39, 0.29) is 11.3 Å². The third-order valence-electron chi connectivity index (χ3n) is 2.20. The van der Waals surface area contributed by atoms with Crippen LogP contribution in [0.1, 0.15) is 5.56 Å². The Morgan fingerprint density at radius 3 is 2.74 bits per heavy atom. The van der Waals surface area contributed by atoms with E-state index in [4.69, 9.17) is 5.26 Å². The number of esters is 1. The van der Waals surface area contributed by atoms with Gasteiger partial charge in [-0.25, -0.2) is 4.79 Å². The normalized spacial score (nSPS) is 11.1. The van der Waals surface area contributed by atoms with Gasteiger partial charge < -0.3 is 4.74 Å². The summed E-state index contributed by atoms with van der Waals surface area (Å²) in [5, 5.41) is 19.5. The quantitative estimate of drug-likeness (QED) is 0.206. The van der Waals surface area contributed by atoms with Crippen LogP contribution in [0.15, 0.2) is 42.0 Å². The fourth-order valence-corrected chi connectivity index (χ4v) is 1.30. The zero-order valence-corrected chi connectivity index (χ0v) is 10.1. The molecule has 0 aliphatic heterocycles. The van der Waals surface area contributed by atoms with Gasteiger partial charge in [-0.15, -0.1) is 0 Å². The Balaban J connectivity index is 3.01. The lowest BCUT2D eigenvalue weighted by Crippen LogP contribution is -2.02. The smallest absolute Gasteiger partial charge is 0.348 e. The zero-order chi connectivity index (χ0) is 14.3. The lowest BCUT2D eigenvalue weighted by Gasteiger charge is -1.96. The van der Waals surface area contributed by atoms with Crippen LogP contribution in [0.2, 0.25) is 0 Å². The molecule has 0 aliphatic carbocycles. The summed E-state index contributed by atoms with van der Waals surface area (Å²) in [5.74, 6) is -0.755. The molecular formula is C13H10N2O4. The first-order valence-corrected chi connectivity index (χ1v) is 5.20. The number of nitriles is 1. The maximum absolute atomic E-state index is 11.1. The largest absolute Gasteiger partial charge is 0.465 e. The fourth-order valence-electron chi connectivity index (χ4n) is 1.30. The van der Waals surface area contributed by atoms with Crippen molar-refractivity contribution in [3.63, 3.8) is 0 Å². The summed E-state index contributed by atoms with van der Waals surface area (Å²) >= 11 is 0. The molecular weight excluding hydrogens is 248 g/mol. The average Bonchev–Trinajstić information content (AvgIpc) is 2.43. The zero-order valence-electron chi connectivity index (χ0n) is 10.1. The molecule has 1 aromatic carbocycles. The highest BCUT2D eigenvalue weighted by Crippen LogP contribution is 2.19. The highest BCUT2D eigenvalue weighted by molar-refractivity contribution is 5.93. The number of rotatable bonds is 4. The van der Waals surface area contributed by atoms with Gasteiger partial charge >= 0.3 is 5.97 Å². The van der Waals surface area contributed by atoms with Crippen LogP contribution >= 0.6 is 0 Å². The summed E-state index contributed by atoms with van der Waals surface area (Å²) in [5.41, 5.74) is 0.145. The predicted molar refractivity (Wildman–Crippen MR) is 67.8 cm³/mol. The minimum Gasteiger partial charge on any atom is -0.465 e. The molecule has 0 heterocycles. The summed E-state index contributed by atoms with van der Waals surface area (Å²) in [6, 6.07) is 7.82. The van der Waals surface area contributed by atoms with Gasteiger partial charge in [0.2, 0.25) is 0 Å². The molecule has 0 saturated carbocycles. The van der Waals surface area contributed by atoms with Crippen LogP contribution in [-0.4, -0.2) is 18.0 Å². The van der Waals surface area contributed by atoms with Crippen molar-refractivity contribution in [3.8, 4) is 6.07 Å². The number of hydrogen-bond donors (Lipinski definition) is 0. The molecule has 0 unspecified atom stereocenters. The van der Waals surface area contributed by atoms with Crippen molar-refractivity contribution in [2.45, 2.75) is 0 Å². The number of para-hydroxylation sites is 1. The van der Waals surface area contributed by atoms with Gasteiger partial charge in [-0.1, -0.05) is 18.2 Å². The Morgan fingerprint density at radius 2 is 2.16 bits per heavy atom. The lowest BCUT2D eigenvalue weighted by molar-refractivity contribution is -0.385. The Morgan fingerprint density at radius 1 is 1.47 bits per heavy atom. The molecule has 0 fully saturated rings. The van der Waals surface area contributed by atoms with Crippen LogP contribution in [0.25, 0.3) is 6.08 Å². The van der Waals surface area contributed by atoms with Crippen molar-refractivity contribution in [2.24, 2.45) is 0 Å². The van der Waals surface area contributed by atoms with Crippen LogP contribution in [-0.2, 0) is 9.53 Å². The number of carbonyl (C=O) groups is 1. The Bertz CT molecular complexity index is 597. The Kier molecular flexibility index (Phi) is 4.99. The topological polar surface area (TPSA) is 93.2 Å². The van der Waals surface area contributed by atoms with Crippen LogP contribution in [0.4, 0.5) is 5.69 Å². The van der Waals surface area contributed by atoms with E-state index in [1.165, 1.54) is 31.4 Å². The fraction of sp³-hybridized carbons (Fsp3) is 0.0769. The van der Waals surface area contributed by atoms with E-state index in [1.807, 2.05) is 0 Å². The molecule has 19 heavy (non-hydrogen) atoms. The van der Waals surface area contributed by atoms with E-state index in [0.29, 0.717) is 5.56 Å². The number of nitro groups is 1. The summed E-state index contributed by atoms with van der Waals surface area (Å²) in [4.78, 5) is 21.4. The number of carbonyl (C=O) groups excluding carboxylic acids is 1. The third kappa shape index (κ3) is 3.78. The van der Waals surface area contributed by atoms with Gasteiger partial charge in [0, 0.05) is 6.07 Å². The van der Waals surface area contributed by atoms with Crippen LogP contribution < -0.4 is 0 Å². The van der Waals surface area contributed by atoms with Crippen molar-refractivity contribution in [2.75, 3.05) is 7.11 Å². The molecule has 0 spiro atoms. The van der Waals surface area contributed by atoms with Crippen molar-refractivity contribution < 1.29 is 14.5 Å². The van der Waals surface area contributed by atoms with Gasteiger partial charge in [0.1, 0.15) is 11.6 Å². The maximum atomic E-state index is 11.1. The molecule has 1 aromatic rings. The second-order valence-electron chi connectivity index (χ2n) is 3.36. The summed E-state index contributed by atoms with van der Waals surface area (Å²) in [6.45, 7) is 0. The van der Waals surface area contributed by atoms with Gasteiger partial charge in [0.25, 0.3) is 5.69 Å². The van der Waals surface area contributed by atoms with Crippen molar-refractivity contribution >= 4 is 17.7 Å². The first kappa shape index (κ1) is 14.1. The highest BCUT2D eigenvalue weighted by atomic mass is 16.6. The second kappa shape index (κ2) is 6.71. The number of ether oxygens (including phenoxy) is 1. The van der Waals surface area contributed by atoms with Crippen LogP contribution in [0, 0.1) is 21.4 Å². The number of benzene rings is 1. The Labute approximate surface area is 109 Å². The molecule has 0 aromatic heterocycles. The average molecular weight is 258 g/mol. The molecule has 0 bridgehead atoms. The van der Waals surface area contributed by atoms with Crippen molar-refractivity contribution in [1.82, 2.24) is 0 Å². The number of hydrogen-bond acceptors (Lipinski definition) is 5. The van der Waals surface area contributed by atoms with E-state index < -0.39 is 10.9 Å². The molecule has 96 valence electrons. The number of methoxy groups -OCH3 is 1. The lowest BCUT2D eigenvalue weighted by atomic mass is 10.1. The van der Waals surface area contributed by atoms with E-state index >= 15 is 0 Å². The molecule has 0 amide bonds. The molecule has 0 aliphatic rings. The second-order valence-corrected chi connectivity index (χ2v) is 3.36. The first-order valence-electron chi connectivity index (χ1n) is 5.20. The van der Waals surface area contributed by atoms with Gasteiger partial charge in [0.15, 0.2) is 0 Å². The monoisotopic (exact) mass is 258 g/mol. The van der Waals surface area contributed by atoms with Crippen molar-refractivity contribution in [3.05, 3.63) is 57.7 Å². The van der Waals surface area contributed by atoms with Gasteiger partial charge in [-0.05, 0) is 18.2 Å². The standard InChI is InChI=1S/C13H10N2O4/c1-19-13(16)11(9-14)7-4-6-10-5-2-3-8-12(10)15(17)18/h2-8H,1H3/b6-4?,11-7+. The van der Waals surface area contributed by atoms with Crippen molar-refractivity contribution in [1.29, 1.82) is 5.26 Å². The molecule has 0 radical (unpaired) electrons. The van der Waals surface area contributed by atoms with Gasteiger partial charge in [-0.3, -0.25) is 10.1 Å². The summed E-state index contributed by atoms with van der Waals surface area (Å²) in [6.07, 6.45) is 4.07. The molecule has 6 heteroatoms. The predicted octanol–water partition coefficient (Wildman–Crippen LogP) is 2.23. The summed E-state index contributed by atoms with van der Waals surface area (Å²) < 4.78 is 4.40. The van der Waals surface area contributed by atoms with Crippen LogP contribution in [0.5, 0.6) is 0 Å². The Hall–Kier alpha value is -2.94. The molecule has 1 rings (SSSR count). The molecule has 0 N–H and O–H groups in total. The minimum atomic E-state index is -0.755. The van der Waals surface area contributed by atoms with Crippen LogP contribution in [0.3, 0.4) is 0 Å². The number of nitro benzene ring substituents is 1. The summed E-state index contributed by atoms with van der Waals surface area (Å²) in [7, 11) is 1.17. The SMILES string of the molecule is COC(=O)/C(C#N)=C/C=Cc1ccccc1[N+](=O)[O-]. The van der Waals surface area contributed by atoms with E-state index in [1.54, 1.807) is 24.3 Å². The third-order valence-corrected chi connectivity index (χ3v) is 2.20. The van der Waals surface area contributed by atoms with E-state index in [0.717, 1.165) is 0 Å².